The van der Waals surface area contributed by atoms with Crippen LogP contribution in [0.1, 0.15) is 11.1 Å². The smallest absolute Gasteiger partial charge is 0.200 e. The average molecular weight is 255 g/mol. The van der Waals surface area contributed by atoms with Crippen molar-refractivity contribution in [2.75, 3.05) is 5.32 Å². The van der Waals surface area contributed by atoms with Gasteiger partial charge in [0.1, 0.15) is 5.82 Å². The van der Waals surface area contributed by atoms with Crippen LogP contribution in [0.3, 0.4) is 0 Å². The number of benzene rings is 1. The molecule has 2 aromatic heterocycles. The van der Waals surface area contributed by atoms with Crippen molar-refractivity contribution in [3.05, 3.63) is 47.5 Å². The molecular weight excluding hydrogens is 242 g/mol. The van der Waals surface area contributed by atoms with E-state index in [1.54, 1.807) is 0 Å². The van der Waals surface area contributed by atoms with Crippen LogP contribution in [0, 0.1) is 0 Å². The third kappa shape index (κ3) is 2.50. The zero-order valence-electron chi connectivity index (χ0n) is 10.2. The molecule has 0 aliphatic heterocycles. The Balaban J connectivity index is 1.74. The molecule has 7 nitrogen and oxygen atoms in total. The van der Waals surface area contributed by atoms with Gasteiger partial charge in [0, 0.05) is 13.1 Å². The molecule has 2 heterocycles. The van der Waals surface area contributed by atoms with Crippen LogP contribution in [0.15, 0.2) is 36.4 Å². The van der Waals surface area contributed by atoms with Gasteiger partial charge >= 0.3 is 0 Å². The molecule has 0 amide bonds. The van der Waals surface area contributed by atoms with Crippen molar-refractivity contribution in [2.45, 2.75) is 13.1 Å². The molecule has 0 aliphatic rings. The van der Waals surface area contributed by atoms with Crippen LogP contribution in [-0.4, -0.2) is 25.3 Å². The van der Waals surface area contributed by atoms with Crippen LogP contribution in [-0.2, 0) is 13.1 Å². The first-order valence-corrected chi connectivity index (χ1v) is 5.92. The minimum Gasteiger partial charge on any atom is -0.365 e. The van der Waals surface area contributed by atoms with E-state index in [2.05, 4.69) is 32.0 Å². The fourth-order valence-electron chi connectivity index (χ4n) is 1.80. The lowest BCUT2D eigenvalue weighted by Crippen LogP contribution is -2.05. The summed E-state index contributed by atoms with van der Waals surface area (Å²) in [6, 6.07) is 11.8. The predicted octanol–water partition coefficient (Wildman–Crippen LogP) is 0.590. The molecule has 1 aromatic carbocycles. The van der Waals surface area contributed by atoms with Crippen molar-refractivity contribution in [2.24, 2.45) is 5.73 Å². The number of nitrogens with zero attached hydrogens (tertiary/aromatic N) is 5. The van der Waals surface area contributed by atoms with Gasteiger partial charge in [0.25, 0.3) is 0 Å². The molecule has 3 aromatic rings. The van der Waals surface area contributed by atoms with Crippen molar-refractivity contribution < 1.29 is 0 Å². The molecule has 0 atom stereocenters. The Morgan fingerprint density at radius 2 is 2.05 bits per heavy atom. The third-order valence-electron chi connectivity index (χ3n) is 2.77. The molecule has 7 heteroatoms. The number of nitrogens with one attached hydrogen (secondary N) is 1. The lowest BCUT2D eigenvalue weighted by molar-refractivity contribution is 0.734. The van der Waals surface area contributed by atoms with Gasteiger partial charge in [-0.15, -0.1) is 14.8 Å². The highest BCUT2D eigenvalue weighted by atomic mass is 15.6. The molecule has 19 heavy (non-hydrogen) atoms. The van der Waals surface area contributed by atoms with Crippen LogP contribution < -0.4 is 11.1 Å². The molecule has 3 N–H and O–H groups in total. The second-order valence-electron chi connectivity index (χ2n) is 4.12. The number of hydrogen-bond acceptors (Lipinski definition) is 6. The summed E-state index contributed by atoms with van der Waals surface area (Å²) in [7, 11) is 0. The highest BCUT2D eigenvalue weighted by Gasteiger charge is 2.01. The van der Waals surface area contributed by atoms with Crippen molar-refractivity contribution in [3.8, 4) is 0 Å². The van der Waals surface area contributed by atoms with Crippen molar-refractivity contribution in [3.63, 3.8) is 0 Å². The molecule has 0 radical (unpaired) electrons. The topological polar surface area (TPSA) is 94.0 Å². The van der Waals surface area contributed by atoms with Gasteiger partial charge in [-0.3, -0.25) is 0 Å². The third-order valence-corrected chi connectivity index (χ3v) is 2.77. The van der Waals surface area contributed by atoms with E-state index in [1.165, 1.54) is 4.63 Å². The quantitative estimate of drug-likeness (QED) is 0.708. The summed E-state index contributed by atoms with van der Waals surface area (Å²) in [6.45, 7) is 1.22. The fourth-order valence-corrected chi connectivity index (χ4v) is 1.80. The van der Waals surface area contributed by atoms with E-state index in [4.69, 9.17) is 5.73 Å². The van der Waals surface area contributed by atoms with Gasteiger partial charge < -0.3 is 11.1 Å². The average Bonchev–Trinajstić information content (AvgIpc) is 2.93. The van der Waals surface area contributed by atoms with E-state index in [0.717, 1.165) is 16.9 Å². The lowest BCUT2D eigenvalue weighted by Gasteiger charge is -2.06. The maximum absolute atomic E-state index is 5.62. The van der Waals surface area contributed by atoms with Gasteiger partial charge in [-0.25, -0.2) is 0 Å². The highest BCUT2D eigenvalue weighted by molar-refractivity contribution is 5.42. The van der Waals surface area contributed by atoms with Gasteiger partial charge in [-0.1, -0.05) is 24.3 Å². The minimum atomic E-state index is 0.544. The Bertz CT molecular complexity index is 691. The van der Waals surface area contributed by atoms with Gasteiger partial charge in [0.05, 0.1) is 0 Å². The number of tetrazole rings is 1. The lowest BCUT2D eigenvalue weighted by atomic mass is 10.1. The first-order chi connectivity index (χ1) is 9.35. The monoisotopic (exact) mass is 255 g/mol. The molecule has 0 saturated heterocycles. The maximum atomic E-state index is 5.62. The molecule has 96 valence electrons. The standard InChI is InChI=1S/C12H13N7/c13-7-9-2-1-3-10(6-9)8-14-11-4-5-12-15-17-18-19(12)16-11/h1-6H,7-8,13H2,(H,14,16). The van der Waals surface area contributed by atoms with Crippen molar-refractivity contribution >= 4 is 11.5 Å². The Morgan fingerprint density at radius 1 is 1.16 bits per heavy atom. The Kier molecular flexibility index (Phi) is 3.03. The van der Waals surface area contributed by atoms with Gasteiger partial charge in [-0.05, 0) is 33.7 Å². The van der Waals surface area contributed by atoms with E-state index in [0.29, 0.717) is 18.7 Å². The summed E-state index contributed by atoms with van der Waals surface area (Å²) in [5, 5.41) is 18.6. The molecular formula is C12H13N7. The Labute approximate surface area is 109 Å². The van der Waals surface area contributed by atoms with Gasteiger partial charge in [0.2, 0.25) is 0 Å². The second kappa shape index (κ2) is 4.99. The Morgan fingerprint density at radius 3 is 2.95 bits per heavy atom. The van der Waals surface area contributed by atoms with Gasteiger partial charge in [0.15, 0.2) is 5.65 Å². The number of fused-ring (bicyclic) bond motifs is 1. The van der Waals surface area contributed by atoms with Crippen molar-refractivity contribution in [1.82, 2.24) is 25.3 Å². The summed E-state index contributed by atoms with van der Waals surface area (Å²) in [6.07, 6.45) is 0. The molecule has 0 unspecified atom stereocenters. The summed E-state index contributed by atoms with van der Waals surface area (Å²) in [4.78, 5) is 0. The van der Waals surface area contributed by atoms with Crippen LogP contribution in [0.4, 0.5) is 5.82 Å². The first-order valence-electron chi connectivity index (χ1n) is 5.92. The van der Waals surface area contributed by atoms with E-state index >= 15 is 0 Å². The van der Waals surface area contributed by atoms with Gasteiger partial charge in [-0.2, -0.15) is 0 Å². The summed E-state index contributed by atoms with van der Waals surface area (Å²) >= 11 is 0. The molecule has 0 aliphatic carbocycles. The van der Waals surface area contributed by atoms with E-state index in [-0.39, 0.29) is 0 Å². The Hall–Kier alpha value is -2.54. The van der Waals surface area contributed by atoms with E-state index in [9.17, 15) is 0 Å². The van der Waals surface area contributed by atoms with Crippen LogP contribution >= 0.6 is 0 Å². The molecule has 0 spiro atoms. The number of rotatable bonds is 4. The fraction of sp³-hybridized carbons (Fsp3) is 0.167. The van der Waals surface area contributed by atoms with Crippen LogP contribution in [0.5, 0.6) is 0 Å². The van der Waals surface area contributed by atoms with Crippen LogP contribution in [0.2, 0.25) is 0 Å². The zero-order valence-corrected chi connectivity index (χ0v) is 10.2. The largest absolute Gasteiger partial charge is 0.365 e. The number of aromatic nitrogens is 5. The number of nitrogens with two attached hydrogens (primary N) is 1. The molecule has 3 rings (SSSR count). The molecule has 0 fully saturated rings. The summed E-state index contributed by atoms with van der Waals surface area (Å²) < 4.78 is 1.39. The molecule has 0 bridgehead atoms. The van der Waals surface area contributed by atoms with E-state index < -0.39 is 0 Å². The maximum Gasteiger partial charge on any atom is 0.200 e. The highest BCUT2D eigenvalue weighted by Crippen LogP contribution is 2.08. The predicted molar refractivity (Wildman–Crippen MR) is 70.2 cm³/mol. The normalized spacial score (nSPS) is 10.8. The zero-order chi connectivity index (χ0) is 13.1. The second-order valence-corrected chi connectivity index (χ2v) is 4.12. The summed E-state index contributed by atoms with van der Waals surface area (Å²) in [5.41, 5.74) is 8.51. The first kappa shape index (κ1) is 11.5. The SMILES string of the molecule is NCc1cccc(CNc2ccc3nnnn3n2)c1. The van der Waals surface area contributed by atoms with E-state index in [1.807, 2.05) is 30.3 Å². The number of hydrogen-bond donors (Lipinski definition) is 2. The number of anilines is 1. The minimum absolute atomic E-state index is 0.544. The van der Waals surface area contributed by atoms with Crippen LogP contribution in [0.25, 0.3) is 5.65 Å². The molecule has 0 saturated carbocycles. The van der Waals surface area contributed by atoms with Crippen molar-refractivity contribution in [1.29, 1.82) is 0 Å². The summed E-state index contributed by atoms with van der Waals surface area (Å²) in [5.74, 6) is 0.720.